The molecule has 0 bridgehead atoms. The predicted octanol–water partition coefficient (Wildman–Crippen LogP) is 3.08. The zero-order chi connectivity index (χ0) is 16.9. The maximum Gasteiger partial charge on any atom is 0.413 e. The number of hydrogen-bond acceptors (Lipinski definition) is 5. The van der Waals surface area contributed by atoms with E-state index in [1.165, 1.54) is 6.20 Å². The fraction of sp³-hybridized carbons (Fsp3) is 0.250. The minimum absolute atomic E-state index is 0.262. The van der Waals surface area contributed by atoms with Gasteiger partial charge in [-0.15, -0.1) is 0 Å². The fourth-order valence-electron chi connectivity index (χ4n) is 1.66. The second kappa shape index (κ2) is 6.87. The number of carbonyl (C=O) groups excluding carboxylic acids is 2. The maximum absolute atomic E-state index is 12.0. The summed E-state index contributed by atoms with van der Waals surface area (Å²) in [6.07, 6.45) is 3.95. The summed E-state index contributed by atoms with van der Waals surface area (Å²) in [5.41, 5.74) is 0.431. The lowest BCUT2D eigenvalue weighted by Crippen LogP contribution is -2.27. The Kier molecular flexibility index (Phi) is 4.90. The van der Waals surface area contributed by atoms with Crippen molar-refractivity contribution >= 4 is 23.5 Å². The monoisotopic (exact) mass is 314 g/mol. The van der Waals surface area contributed by atoms with Gasteiger partial charge in [0.15, 0.2) is 0 Å². The molecule has 2 aromatic rings. The molecule has 2 aromatic heterocycles. The van der Waals surface area contributed by atoms with Gasteiger partial charge in [0.2, 0.25) is 0 Å². The van der Waals surface area contributed by atoms with Gasteiger partial charge >= 0.3 is 6.09 Å². The lowest BCUT2D eigenvalue weighted by Gasteiger charge is -2.19. The van der Waals surface area contributed by atoms with Crippen LogP contribution < -0.4 is 10.6 Å². The topological polar surface area (TPSA) is 93.2 Å². The number of anilines is 2. The van der Waals surface area contributed by atoms with Crippen LogP contribution in [-0.4, -0.2) is 27.6 Å². The van der Waals surface area contributed by atoms with Crippen LogP contribution in [0.5, 0.6) is 0 Å². The highest BCUT2D eigenvalue weighted by Crippen LogP contribution is 2.13. The third-order valence-electron chi connectivity index (χ3n) is 2.59. The number of carbonyl (C=O) groups is 2. The van der Waals surface area contributed by atoms with Crippen molar-refractivity contribution in [3.8, 4) is 0 Å². The Morgan fingerprint density at radius 2 is 1.74 bits per heavy atom. The Balaban J connectivity index is 1.95. The summed E-state index contributed by atoms with van der Waals surface area (Å²) >= 11 is 0. The minimum atomic E-state index is -0.585. The van der Waals surface area contributed by atoms with E-state index in [0.29, 0.717) is 17.1 Å². The van der Waals surface area contributed by atoms with Crippen molar-refractivity contribution in [1.82, 2.24) is 9.97 Å². The van der Waals surface area contributed by atoms with Gasteiger partial charge in [0.05, 0.1) is 11.9 Å². The van der Waals surface area contributed by atoms with Gasteiger partial charge in [0.1, 0.15) is 11.4 Å². The molecule has 0 saturated carbocycles. The van der Waals surface area contributed by atoms with Crippen LogP contribution in [0.1, 0.15) is 31.1 Å². The highest BCUT2D eigenvalue weighted by molar-refractivity contribution is 6.04. The Morgan fingerprint density at radius 3 is 2.30 bits per heavy atom. The van der Waals surface area contributed by atoms with Gasteiger partial charge < -0.3 is 10.1 Å². The summed E-state index contributed by atoms with van der Waals surface area (Å²) in [5, 5.41) is 5.22. The highest BCUT2D eigenvalue weighted by atomic mass is 16.6. The van der Waals surface area contributed by atoms with E-state index in [1.54, 1.807) is 57.4 Å². The number of hydrogen-bond donors (Lipinski definition) is 2. The van der Waals surface area contributed by atoms with E-state index in [2.05, 4.69) is 20.6 Å². The molecular formula is C16H18N4O3. The molecule has 120 valence electrons. The Hall–Kier alpha value is -2.96. The number of nitrogens with zero attached hydrogens (tertiary/aromatic N) is 2. The molecule has 0 aliphatic rings. The lowest BCUT2D eigenvalue weighted by atomic mass is 10.2. The maximum atomic E-state index is 12.0. The number of amides is 2. The van der Waals surface area contributed by atoms with Crippen molar-refractivity contribution in [1.29, 1.82) is 0 Å². The van der Waals surface area contributed by atoms with Crippen LogP contribution in [0.3, 0.4) is 0 Å². The van der Waals surface area contributed by atoms with E-state index < -0.39 is 11.7 Å². The molecule has 23 heavy (non-hydrogen) atoms. The Morgan fingerprint density at radius 1 is 1.04 bits per heavy atom. The van der Waals surface area contributed by atoms with Crippen molar-refractivity contribution in [2.75, 3.05) is 10.6 Å². The predicted molar refractivity (Wildman–Crippen MR) is 86.3 cm³/mol. The second-order valence-corrected chi connectivity index (χ2v) is 5.75. The summed E-state index contributed by atoms with van der Waals surface area (Å²) < 4.78 is 5.13. The molecule has 0 radical (unpaired) electrons. The van der Waals surface area contributed by atoms with Gasteiger partial charge in [-0.25, -0.2) is 9.78 Å². The first-order valence-electron chi connectivity index (χ1n) is 7.01. The Bertz CT molecular complexity index is 679. The summed E-state index contributed by atoms with van der Waals surface area (Å²) in [6.45, 7) is 5.33. The van der Waals surface area contributed by atoms with Gasteiger partial charge in [-0.05, 0) is 45.0 Å². The summed E-state index contributed by atoms with van der Waals surface area (Å²) in [4.78, 5) is 31.5. The molecule has 0 fully saturated rings. The normalized spacial score (nSPS) is 10.7. The molecule has 2 rings (SSSR count). The first-order chi connectivity index (χ1) is 10.8. The standard InChI is InChI=1S/C16H18N4O3/c1-16(2,3)23-15(22)20-13-5-4-12(10-18-13)19-14(21)11-6-8-17-9-7-11/h4-10H,1-3H3,(H,19,21)(H,18,20,22). The van der Waals surface area contributed by atoms with E-state index in [4.69, 9.17) is 4.74 Å². The quantitative estimate of drug-likeness (QED) is 0.908. The molecule has 0 unspecified atom stereocenters. The van der Waals surface area contributed by atoms with Crippen molar-refractivity contribution in [2.24, 2.45) is 0 Å². The number of ether oxygens (including phenoxy) is 1. The molecule has 2 N–H and O–H groups in total. The van der Waals surface area contributed by atoms with E-state index in [-0.39, 0.29) is 5.91 Å². The van der Waals surface area contributed by atoms with Crippen LogP contribution in [0.15, 0.2) is 42.9 Å². The molecule has 2 amide bonds. The molecule has 0 aliphatic heterocycles. The molecule has 0 spiro atoms. The van der Waals surface area contributed by atoms with Crippen molar-refractivity contribution in [3.63, 3.8) is 0 Å². The van der Waals surface area contributed by atoms with E-state index in [1.807, 2.05) is 0 Å². The van der Waals surface area contributed by atoms with Crippen LogP contribution in [0, 0.1) is 0 Å². The van der Waals surface area contributed by atoms with Crippen molar-refractivity contribution in [2.45, 2.75) is 26.4 Å². The van der Waals surface area contributed by atoms with E-state index in [9.17, 15) is 9.59 Å². The molecule has 7 heteroatoms. The van der Waals surface area contributed by atoms with Crippen molar-refractivity contribution in [3.05, 3.63) is 48.4 Å². The fourth-order valence-corrected chi connectivity index (χ4v) is 1.66. The summed E-state index contributed by atoms with van der Waals surface area (Å²) in [7, 11) is 0. The van der Waals surface area contributed by atoms with E-state index in [0.717, 1.165) is 0 Å². The van der Waals surface area contributed by atoms with Gasteiger partial charge in [-0.3, -0.25) is 15.1 Å². The first kappa shape index (κ1) is 16.4. The molecule has 7 nitrogen and oxygen atoms in total. The zero-order valence-electron chi connectivity index (χ0n) is 13.2. The van der Waals surface area contributed by atoms with Crippen LogP contribution in [0.2, 0.25) is 0 Å². The SMILES string of the molecule is CC(C)(C)OC(=O)Nc1ccc(NC(=O)c2ccncc2)cn1. The molecular weight excluding hydrogens is 296 g/mol. The second-order valence-electron chi connectivity index (χ2n) is 5.75. The smallest absolute Gasteiger partial charge is 0.413 e. The highest BCUT2D eigenvalue weighted by Gasteiger charge is 2.16. The largest absolute Gasteiger partial charge is 0.444 e. The summed E-state index contributed by atoms with van der Waals surface area (Å²) in [6, 6.07) is 6.44. The summed E-state index contributed by atoms with van der Waals surface area (Å²) in [5.74, 6) is 0.0724. The van der Waals surface area contributed by atoms with Gasteiger partial charge in [-0.2, -0.15) is 0 Å². The van der Waals surface area contributed by atoms with Gasteiger partial charge in [0.25, 0.3) is 5.91 Å². The minimum Gasteiger partial charge on any atom is -0.444 e. The van der Waals surface area contributed by atoms with E-state index >= 15 is 0 Å². The molecule has 0 atom stereocenters. The number of pyridine rings is 2. The zero-order valence-corrected chi connectivity index (χ0v) is 13.2. The third kappa shape index (κ3) is 5.39. The first-order valence-corrected chi connectivity index (χ1v) is 7.01. The van der Waals surface area contributed by atoms with Crippen LogP contribution in [0.4, 0.5) is 16.3 Å². The van der Waals surface area contributed by atoms with Crippen LogP contribution >= 0.6 is 0 Å². The average molecular weight is 314 g/mol. The van der Waals surface area contributed by atoms with Crippen LogP contribution in [-0.2, 0) is 4.74 Å². The van der Waals surface area contributed by atoms with Crippen molar-refractivity contribution < 1.29 is 14.3 Å². The molecule has 0 aromatic carbocycles. The number of aromatic nitrogens is 2. The third-order valence-corrected chi connectivity index (χ3v) is 2.59. The van der Waals surface area contributed by atoms with Gasteiger partial charge in [-0.1, -0.05) is 0 Å². The van der Waals surface area contributed by atoms with Crippen LogP contribution in [0.25, 0.3) is 0 Å². The number of nitrogens with one attached hydrogen (secondary N) is 2. The molecule has 2 heterocycles. The Labute approximate surface area is 134 Å². The molecule has 0 saturated heterocycles. The average Bonchev–Trinajstić information content (AvgIpc) is 2.48. The number of rotatable bonds is 3. The lowest BCUT2D eigenvalue weighted by molar-refractivity contribution is 0.0635. The molecule has 0 aliphatic carbocycles. The van der Waals surface area contributed by atoms with Gasteiger partial charge in [0, 0.05) is 18.0 Å².